The molecule has 1 aromatic heterocycles. The Balaban J connectivity index is 1.94. The molecule has 0 saturated heterocycles. The van der Waals surface area contributed by atoms with Gasteiger partial charge in [-0.2, -0.15) is 0 Å². The van der Waals surface area contributed by atoms with Gasteiger partial charge in [-0.25, -0.2) is 9.18 Å². The Morgan fingerprint density at radius 1 is 1.25 bits per heavy atom. The second-order valence-electron chi connectivity index (χ2n) is 5.08. The predicted octanol–water partition coefficient (Wildman–Crippen LogP) is 4.41. The highest BCUT2D eigenvalue weighted by Crippen LogP contribution is 2.33. The quantitative estimate of drug-likeness (QED) is 0.607. The third kappa shape index (κ3) is 4.58. The van der Waals surface area contributed by atoms with E-state index in [1.165, 1.54) is 42.3 Å². The number of carbonyl (C=O) groups excluding carboxylic acids is 2. The first-order chi connectivity index (χ1) is 11.4. The summed E-state index contributed by atoms with van der Waals surface area (Å²) in [6.45, 7) is 3.73. The maximum Gasteiger partial charge on any atom is 0.341 e. The van der Waals surface area contributed by atoms with Gasteiger partial charge in [-0.1, -0.05) is 0 Å². The summed E-state index contributed by atoms with van der Waals surface area (Å²) in [6.07, 6.45) is 0.290. The first-order valence-corrected chi connectivity index (χ1v) is 9.09. The number of halogens is 1. The predicted molar refractivity (Wildman–Crippen MR) is 95.5 cm³/mol. The molecule has 0 saturated carbocycles. The summed E-state index contributed by atoms with van der Waals surface area (Å²) in [5.41, 5.74) is 1.24. The van der Waals surface area contributed by atoms with Crippen LogP contribution in [0.4, 0.5) is 9.39 Å². The van der Waals surface area contributed by atoms with Crippen molar-refractivity contribution in [3.8, 4) is 0 Å². The normalized spacial score (nSPS) is 10.5. The van der Waals surface area contributed by atoms with Crippen LogP contribution in [0.15, 0.2) is 29.2 Å². The number of carbonyl (C=O) groups is 2. The van der Waals surface area contributed by atoms with Gasteiger partial charge in [0.1, 0.15) is 10.8 Å². The zero-order valence-electron chi connectivity index (χ0n) is 13.6. The Morgan fingerprint density at radius 3 is 2.54 bits per heavy atom. The van der Waals surface area contributed by atoms with E-state index in [9.17, 15) is 14.0 Å². The summed E-state index contributed by atoms with van der Waals surface area (Å²) in [4.78, 5) is 25.9. The van der Waals surface area contributed by atoms with E-state index in [1.54, 1.807) is 12.1 Å². The van der Waals surface area contributed by atoms with Crippen LogP contribution in [0.1, 0.15) is 27.2 Å². The van der Waals surface area contributed by atoms with Crippen molar-refractivity contribution in [2.75, 3.05) is 18.2 Å². The second-order valence-corrected chi connectivity index (χ2v) is 7.47. The lowest BCUT2D eigenvalue weighted by Gasteiger charge is -2.06. The number of methoxy groups -OCH3 is 1. The van der Waals surface area contributed by atoms with E-state index in [0.717, 1.165) is 15.3 Å². The molecule has 1 aromatic carbocycles. The van der Waals surface area contributed by atoms with Gasteiger partial charge in [0.15, 0.2) is 0 Å². The number of nitrogens with one attached hydrogen (secondary N) is 1. The number of amides is 1. The lowest BCUT2D eigenvalue weighted by molar-refractivity contribution is -0.115. The van der Waals surface area contributed by atoms with Gasteiger partial charge < -0.3 is 10.1 Å². The Bertz CT molecular complexity index is 741. The number of benzene rings is 1. The van der Waals surface area contributed by atoms with Crippen LogP contribution < -0.4 is 5.32 Å². The molecule has 0 spiro atoms. The lowest BCUT2D eigenvalue weighted by Crippen LogP contribution is -2.14. The maximum absolute atomic E-state index is 12.8. The molecule has 0 aliphatic heterocycles. The third-order valence-corrected chi connectivity index (χ3v) is 5.58. The van der Waals surface area contributed by atoms with Gasteiger partial charge >= 0.3 is 5.97 Å². The van der Waals surface area contributed by atoms with Crippen molar-refractivity contribution in [1.29, 1.82) is 0 Å². The average molecular weight is 367 g/mol. The summed E-state index contributed by atoms with van der Waals surface area (Å²) in [6, 6.07) is 6.14. The molecule has 0 unspecified atom stereocenters. The highest BCUT2D eigenvalue weighted by atomic mass is 32.2. The van der Waals surface area contributed by atoms with Crippen LogP contribution >= 0.6 is 23.1 Å². The summed E-state index contributed by atoms with van der Waals surface area (Å²) in [5, 5.41) is 3.31. The molecular weight excluding hydrogens is 349 g/mol. The molecule has 0 aliphatic carbocycles. The van der Waals surface area contributed by atoms with Crippen LogP contribution in [0.3, 0.4) is 0 Å². The topological polar surface area (TPSA) is 55.4 Å². The van der Waals surface area contributed by atoms with Crippen molar-refractivity contribution in [1.82, 2.24) is 0 Å². The van der Waals surface area contributed by atoms with Crippen molar-refractivity contribution in [3.05, 3.63) is 46.1 Å². The van der Waals surface area contributed by atoms with Crippen molar-refractivity contribution >= 4 is 40.0 Å². The van der Waals surface area contributed by atoms with Crippen LogP contribution in [-0.2, 0) is 9.53 Å². The third-order valence-electron chi connectivity index (χ3n) is 3.44. The SMILES string of the molecule is COC(=O)c1c(NC(=O)CCSc2ccc(F)cc2)sc(C)c1C. The van der Waals surface area contributed by atoms with Gasteiger partial charge in [-0.05, 0) is 43.7 Å². The zero-order chi connectivity index (χ0) is 17.7. The molecule has 7 heteroatoms. The number of esters is 1. The van der Waals surface area contributed by atoms with Crippen LogP contribution in [0.5, 0.6) is 0 Å². The van der Waals surface area contributed by atoms with E-state index in [2.05, 4.69) is 5.32 Å². The molecule has 1 heterocycles. The molecule has 2 rings (SSSR count). The average Bonchev–Trinajstić information content (AvgIpc) is 2.83. The van der Waals surface area contributed by atoms with E-state index in [4.69, 9.17) is 4.74 Å². The van der Waals surface area contributed by atoms with Crippen LogP contribution in [0.2, 0.25) is 0 Å². The summed E-state index contributed by atoms with van der Waals surface area (Å²) in [5.74, 6) is -0.339. The first kappa shape index (κ1) is 18.5. The first-order valence-electron chi connectivity index (χ1n) is 7.29. The van der Waals surface area contributed by atoms with Gasteiger partial charge in [0.2, 0.25) is 5.91 Å². The number of anilines is 1. The van der Waals surface area contributed by atoms with Gasteiger partial charge in [0, 0.05) is 21.9 Å². The maximum atomic E-state index is 12.8. The largest absolute Gasteiger partial charge is 0.465 e. The molecule has 24 heavy (non-hydrogen) atoms. The Hall–Kier alpha value is -1.86. The Labute approximate surface area is 148 Å². The van der Waals surface area contributed by atoms with E-state index in [0.29, 0.717) is 22.7 Å². The number of aryl methyl sites for hydroxylation is 1. The van der Waals surface area contributed by atoms with Crippen molar-refractivity contribution in [2.24, 2.45) is 0 Å². The van der Waals surface area contributed by atoms with E-state index < -0.39 is 5.97 Å². The van der Waals surface area contributed by atoms with E-state index in [-0.39, 0.29) is 11.7 Å². The summed E-state index contributed by atoms with van der Waals surface area (Å²) >= 11 is 2.84. The minimum atomic E-state index is -0.451. The number of hydrogen-bond acceptors (Lipinski definition) is 5. The Kier molecular flexibility index (Phi) is 6.39. The molecule has 128 valence electrons. The lowest BCUT2D eigenvalue weighted by atomic mass is 10.1. The Morgan fingerprint density at radius 2 is 1.92 bits per heavy atom. The fourth-order valence-corrected chi connectivity index (χ4v) is 3.96. The highest BCUT2D eigenvalue weighted by molar-refractivity contribution is 7.99. The minimum Gasteiger partial charge on any atom is -0.465 e. The molecule has 0 radical (unpaired) electrons. The summed E-state index contributed by atoms with van der Waals surface area (Å²) in [7, 11) is 1.32. The standard InChI is InChI=1S/C17H18FNO3S2/c1-10-11(2)24-16(15(10)17(21)22-3)19-14(20)8-9-23-13-6-4-12(18)5-7-13/h4-7H,8-9H2,1-3H3,(H,19,20). The molecule has 0 atom stereocenters. The second kappa shape index (κ2) is 8.30. The fraction of sp³-hybridized carbons (Fsp3) is 0.294. The molecular formula is C17H18FNO3S2. The summed E-state index contributed by atoms with van der Waals surface area (Å²) < 4.78 is 17.6. The molecule has 2 aromatic rings. The molecule has 0 fully saturated rings. The van der Waals surface area contributed by atoms with Crippen LogP contribution in [0.25, 0.3) is 0 Å². The highest BCUT2D eigenvalue weighted by Gasteiger charge is 2.21. The van der Waals surface area contributed by atoms with Gasteiger partial charge in [0.05, 0.1) is 12.7 Å². The molecule has 1 N–H and O–H groups in total. The van der Waals surface area contributed by atoms with Crippen LogP contribution in [0, 0.1) is 19.7 Å². The fourth-order valence-electron chi connectivity index (χ4n) is 2.04. The van der Waals surface area contributed by atoms with Crippen molar-refractivity contribution in [2.45, 2.75) is 25.2 Å². The van der Waals surface area contributed by atoms with E-state index in [1.807, 2.05) is 13.8 Å². The van der Waals surface area contributed by atoms with E-state index >= 15 is 0 Å². The number of thioether (sulfide) groups is 1. The monoisotopic (exact) mass is 367 g/mol. The van der Waals surface area contributed by atoms with Gasteiger partial charge in [0.25, 0.3) is 0 Å². The smallest absolute Gasteiger partial charge is 0.341 e. The van der Waals surface area contributed by atoms with Gasteiger partial charge in [-0.15, -0.1) is 23.1 Å². The molecule has 1 amide bonds. The van der Waals surface area contributed by atoms with Crippen molar-refractivity contribution in [3.63, 3.8) is 0 Å². The number of ether oxygens (including phenoxy) is 1. The van der Waals surface area contributed by atoms with Crippen molar-refractivity contribution < 1.29 is 18.7 Å². The number of hydrogen-bond donors (Lipinski definition) is 1. The minimum absolute atomic E-state index is 0.170. The molecule has 0 bridgehead atoms. The van der Waals surface area contributed by atoms with Gasteiger partial charge in [-0.3, -0.25) is 4.79 Å². The molecule has 4 nitrogen and oxygen atoms in total. The zero-order valence-corrected chi connectivity index (χ0v) is 15.3. The van der Waals surface area contributed by atoms with Crippen LogP contribution in [-0.4, -0.2) is 24.7 Å². The number of thiophene rings is 1. The number of rotatable bonds is 6. The molecule has 0 aliphatic rings.